The van der Waals surface area contributed by atoms with Crippen LogP contribution in [0.2, 0.25) is 0 Å². The number of alkyl halides is 3. The van der Waals surface area contributed by atoms with Gasteiger partial charge in [-0.2, -0.15) is 13.2 Å². The van der Waals surface area contributed by atoms with Crippen molar-refractivity contribution in [1.82, 2.24) is 0 Å². The normalized spacial score (nSPS) is 11.4. The highest BCUT2D eigenvalue weighted by Crippen LogP contribution is 2.32. The molecule has 0 aliphatic heterocycles. The summed E-state index contributed by atoms with van der Waals surface area (Å²) in [6.45, 7) is 1.75. The van der Waals surface area contributed by atoms with Gasteiger partial charge in [-0.3, -0.25) is 9.59 Å². The van der Waals surface area contributed by atoms with Crippen LogP contribution in [0.3, 0.4) is 0 Å². The third kappa shape index (κ3) is 7.15. The number of rotatable bonds is 9. The molecule has 0 radical (unpaired) electrons. The summed E-state index contributed by atoms with van der Waals surface area (Å²) in [5.74, 6) is 0.521. The van der Waals surface area contributed by atoms with Crippen LogP contribution in [0.25, 0.3) is 11.3 Å². The molecule has 33 heavy (non-hydrogen) atoms. The van der Waals surface area contributed by atoms with Crippen molar-refractivity contribution in [2.24, 2.45) is 0 Å². The number of anilines is 1. The summed E-state index contributed by atoms with van der Waals surface area (Å²) in [6.07, 6.45) is -3.78. The number of carboxylic acids is 1. The largest absolute Gasteiger partial charge is 0.481 e. The molecule has 3 aromatic rings. The number of furan rings is 1. The minimum absolute atomic E-state index is 0.00903. The predicted molar refractivity (Wildman–Crippen MR) is 121 cm³/mol. The van der Waals surface area contributed by atoms with Crippen LogP contribution < -0.4 is 5.32 Å². The van der Waals surface area contributed by atoms with Crippen molar-refractivity contribution >= 4 is 29.3 Å². The Morgan fingerprint density at radius 1 is 1.09 bits per heavy atom. The van der Waals surface area contributed by atoms with E-state index in [1.54, 1.807) is 31.2 Å². The van der Waals surface area contributed by atoms with Gasteiger partial charge in [0.05, 0.1) is 11.3 Å². The van der Waals surface area contributed by atoms with Gasteiger partial charge in [0, 0.05) is 23.4 Å². The van der Waals surface area contributed by atoms with E-state index in [-0.39, 0.29) is 18.1 Å². The first-order valence-electron chi connectivity index (χ1n) is 10.1. The SMILES string of the molecule is Cc1oc(-c2ccc(C(F)(F)F)cc2)cc1CCC(=O)Nc1cccc(CSCC(=O)O)c1. The zero-order chi connectivity index (χ0) is 24.0. The monoisotopic (exact) mass is 477 g/mol. The van der Waals surface area contributed by atoms with Gasteiger partial charge in [0.2, 0.25) is 5.91 Å². The number of halogens is 3. The number of carbonyl (C=O) groups excluding carboxylic acids is 1. The number of nitrogens with one attached hydrogen (secondary N) is 1. The van der Waals surface area contributed by atoms with Gasteiger partial charge in [0.1, 0.15) is 11.5 Å². The fourth-order valence-corrected chi connectivity index (χ4v) is 3.89. The maximum absolute atomic E-state index is 12.7. The van der Waals surface area contributed by atoms with Crippen molar-refractivity contribution in [3.05, 3.63) is 77.0 Å². The number of aryl methyl sites for hydroxylation is 2. The Balaban J connectivity index is 1.57. The molecule has 174 valence electrons. The van der Waals surface area contributed by atoms with Crippen LogP contribution in [-0.4, -0.2) is 22.7 Å². The number of hydrogen-bond donors (Lipinski definition) is 2. The quantitative estimate of drug-likeness (QED) is 0.386. The lowest BCUT2D eigenvalue weighted by Gasteiger charge is -2.07. The van der Waals surface area contributed by atoms with Crippen LogP contribution in [0.5, 0.6) is 0 Å². The Bertz CT molecular complexity index is 1120. The predicted octanol–water partition coefficient (Wildman–Crippen LogP) is 6.16. The van der Waals surface area contributed by atoms with E-state index in [2.05, 4.69) is 5.32 Å². The minimum Gasteiger partial charge on any atom is -0.481 e. The van der Waals surface area contributed by atoms with Gasteiger partial charge in [-0.15, -0.1) is 11.8 Å². The standard InChI is InChI=1S/C24H22F3NO4S/c1-15-18(12-21(32-15)17-5-8-19(9-6-17)24(25,26)27)7-10-22(29)28-20-4-2-3-16(11-20)13-33-14-23(30)31/h2-6,8-9,11-12H,7,10,13-14H2,1H3,(H,28,29)(H,30,31). The first-order chi connectivity index (χ1) is 15.6. The maximum Gasteiger partial charge on any atom is 0.416 e. The number of aliphatic carboxylic acids is 1. The second-order valence-corrected chi connectivity index (χ2v) is 8.39. The van der Waals surface area contributed by atoms with Crippen LogP contribution in [0.4, 0.5) is 18.9 Å². The van der Waals surface area contributed by atoms with Crippen LogP contribution in [0, 0.1) is 6.92 Å². The summed E-state index contributed by atoms with van der Waals surface area (Å²) in [6, 6.07) is 13.7. The molecule has 3 rings (SSSR count). The molecule has 9 heteroatoms. The summed E-state index contributed by atoms with van der Waals surface area (Å²) in [5, 5.41) is 11.5. The van der Waals surface area contributed by atoms with Crippen molar-refractivity contribution in [2.75, 3.05) is 11.1 Å². The zero-order valence-electron chi connectivity index (χ0n) is 17.7. The molecule has 2 aromatic carbocycles. The lowest BCUT2D eigenvalue weighted by Crippen LogP contribution is -2.12. The molecule has 0 bridgehead atoms. The average Bonchev–Trinajstić information content (AvgIpc) is 3.12. The van der Waals surface area contributed by atoms with Gasteiger partial charge in [-0.1, -0.05) is 24.3 Å². The smallest absolute Gasteiger partial charge is 0.416 e. The van der Waals surface area contributed by atoms with E-state index in [4.69, 9.17) is 9.52 Å². The molecule has 0 fully saturated rings. The third-order valence-electron chi connectivity index (χ3n) is 4.84. The second-order valence-electron chi connectivity index (χ2n) is 7.40. The first kappa shape index (κ1) is 24.4. The van der Waals surface area contributed by atoms with Gasteiger partial charge in [-0.05, 0) is 54.8 Å². The molecule has 0 atom stereocenters. The van der Waals surface area contributed by atoms with Gasteiger partial charge in [0.25, 0.3) is 0 Å². The van der Waals surface area contributed by atoms with Crippen molar-refractivity contribution < 1.29 is 32.3 Å². The molecule has 1 heterocycles. The molecular weight excluding hydrogens is 455 g/mol. The van der Waals surface area contributed by atoms with Crippen molar-refractivity contribution in [1.29, 1.82) is 0 Å². The van der Waals surface area contributed by atoms with Gasteiger partial charge >= 0.3 is 12.1 Å². The van der Waals surface area contributed by atoms with Crippen LogP contribution in [-0.2, 0) is 27.9 Å². The minimum atomic E-state index is -4.40. The number of carbonyl (C=O) groups is 2. The lowest BCUT2D eigenvalue weighted by molar-refractivity contribution is -0.137. The third-order valence-corrected chi connectivity index (χ3v) is 5.83. The molecule has 1 amide bonds. The van der Waals surface area contributed by atoms with Crippen molar-refractivity contribution in [2.45, 2.75) is 31.7 Å². The van der Waals surface area contributed by atoms with Gasteiger partial charge in [-0.25, -0.2) is 0 Å². The fraction of sp³-hybridized carbons (Fsp3) is 0.250. The van der Waals surface area contributed by atoms with Crippen LogP contribution in [0.1, 0.15) is 28.9 Å². The van der Waals surface area contributed by atoms with Gasteiger partial charge in [0.15, 0.2) is 0 Å². The summed E-state index contributed by atoms with van der Waals surface area (Å²) >= 11 is 1.28. The van der Waals surface area contributed by atoms with E-state index >= 15 is 0 Å². The second kappa shape index (κ2) is 10.6. The Morgan fingerprint density at radius 2 is 1.82 bits per heavy atom. The number of amides is 1. The van der Waals surface area contributed by atoms with E-state index in [9.17, 15) is 22.8 Å². The molecular formula is C24H22F3NO4S. The van der Waals surface area contributed by atoms with E-state index < -0.39 is 17.7 Å². The Hall–Kier alpha value is -3.20. The fourth-order valence-electron chi connectivity index (χ4n) is 3.20. The number of benzene rings is 2. The van der Waals surface area contributed by atoms with E-state index in [0.717, 1.165) is 23.3 Å². The van der Waals surface area contributed by atoms with Crippen molar-refractivity contribution in [3.63, 3.8) is 0 Å². The van der Waals surface area contributed by atoms with E-state index in [0.29, 0.717) is 34.9 Å². The molecule has 0 saturated carbocycles. The summed E-state index contributed by atoms with van der Waals surface area (Å²) in [7, 11) is 0. The van der Waals surface area contributed by atoms with Crippen LogP contribution >= 0.6 is 11.8 Å². The Morgan fingerprint density at radius 3 is 2.48 bits per heavy atom. The average molecular weight is 478 g/mol. The molecule has 0 aliphatic carbocycles. The molecule has 1 aromatic heterocycles. The number of thioether (sulfide) groups is 1. The van der Waals surface area contributed by atoms with Crippen LogP contribution in [0.15, 0.2) is 59.0 Å². The number of carboxylic acid groups (broad SMARTS) is 1. The molecule has 0 spiro atoms. The number of hydrogen-bond acceptors (Lipinski definition) is 4. The summed E-state index contributed by atoms with van der Waals surface area (Å²) < 4.78 is 43.9. The van der Waals surface area contributed by atoms with E-state index in [1.165, 1.54) is 23.9 Å². The van der Waals surface area contributed by atoms with Gasteiger partial charge < -0.3 is 14.8 Å². The molecule has 0 saturated heterocycles. The summed E-state index contributed by atoms with van der Waals surface area (Å²) in [5.41, 5.74) is 2.14. The topological polar surface area (TPSA) is 79.5 Å². The highest BCUT2D eigenvalue weighted by molar-refractivity contribution is 7.99. The Kier molecular flexibility index (Phi) is 7.86. The van der Waals surface area contributed by atoms with Crippen molar-refractivity contribution in [3.8, 4) is 11.3 Å². The molecule has 0 unspecified atom stereocenters. The summed E-state index contributed by atoms with van der Waals surface area (Å²) in [4.78, 5) is 23.0. The first-order valence-corrected chi connectivity index (χ1v) is 11.2. The highest BCUT2D eigenvalue weighted by Gasteiger charge is 2.30. The van der Waals surface area contributed by atoms with E-state index in [1.807, 2.05) is 6.07 Å². The zero-order valence-corrected chi connectivity index (χ0v) is 18.6. The molecule has 2 N–H and O–H groups in total. The molecule has 5 nitrogen and oxygen atoms in total. The Labute approximate surface area is 193 Å². The maximum atomic E-state index is 12.7. The highest BCUT2D eigenvalue weighted by atomic mass is 32.2. The lowest BCUT2D eigenvalue weighted by atomic mass is 10.1. The molecule has 0 aliphatic rings.